The van der Waals surface area contributed by atoms with Crippen LogP contribution in [0.1, 0.15) is 28.4 Å². The highest BCUT2D eigenvalue weighted by Gasteiger charge is 2.23. The van der Waals surface area contributed by atoms with Crippen molar-refractivity contribution in [1.29, 1.82) is 0 Å². The molecule has 0 spiro atoms. The summed E-state index contributed by atoms with van der Waals surface area (Å²) in [6.45, 7) is 2.03. The van der Waals surface area contributed by atoms with E-state index in [-0.39, 0.29) is 6.04 Å². The fraction of sp³-hybridized carbons (Fsp3) is 0.133. The number of fused-ring (bicyclic) bond motifs is 2. The second-order valence-corrected chi connectivity index (χ2v) is 5.03. The third-order valence-electron chi connectivity index (χ3n) is 3.56. The molecule has 0 aromatic carbocycles. The van der Waals surface area contributed by atoms with Gasteiger partial charge in [-0.2, -0.15) is 0 Å². The van der Waals surface area contributed by atoms with Crippen LogP contribution in [0.25, 0.3) is 11.4 Å². The molecule has 0 bridgehead atoms. The quantitative estimate of drug-likeness (QED) is 0.727. The van der Waals surface area contributed by atoms with Crippen molar-refractivity contribution in [3.8, 4) is 0 Å². The highest BCUT2D eigenvalue weighted by Crippen LogP contribution is 2.36. The van der Waals surface area contributed by atoms with Gasteiger partial charge in [0.15, 0.2) is 0 Å². The summed E-state index contributed by atoms with van der Waals surface area (Å²) < 4.78 is 1.91. The summed E-state index contributed by atoms with van der Waals surface area (Å²) in [4.78, 5) is 13.0. The molecule has 0 unspecified atom stereocenters. The number of hydrogen-bond donors (Lipinski definition) is 1. The van der Waals surface area contributed by atoms with Gasteiger partial charge in [0, 0.05) is 42.1 Å². The van der Waals surface area contributed by atoms with Gasteiger partial charge in [0.1, 0.15) is 0 Å². The van der Waals surface area contributed by atoms with Gasteiger partial charge in [-0.1, -0.05) is 6.08 Å². The molecule has 0 radical (unpaired) electrons. The SMILES string of the molecule is Cc1cnc2c(c1)C(c1cnc3nccn3c1)=C[C@@H]2N. The number of rotatable bonds is 1. The van der Waals surface area contributed by atoms with Crippen molar-refractivity contribution in [2.24, 2.45) is 5.73 Å². The number of nitrogens with zero attached hydrogens (tertiary/aromatic N) is 4. The van der Waals surface area contributed by atoms with Crippen molar-refractivity contribution in [3.05, 3.63) is 65.5 Å². The molecule has 98 valence electrons. The highest BCUT2D eigenvalue weighted by molar-refractivity contribution is 5.84. The average molecular weight is 263 g/mol. The Morgan fingerprint density at radius 3 is 3.00 bits per heavy atom. The van der Waals surface area contributed by atoms with E-state index in [1.54, 1.807) is 6.20 Å². The first kappa shape index (κ1) is 11.3. The van der Waals surface area contributed by atoms with Gasteiger partial charge in [-0.25, -0.2) is 9.97 Å². The molecule has 2 N–H and O–H groups in total. The van der Waals surface area contributed by atoms with Gasteiger partial charge in [0.25, 0.3) is 0 Å². The molecule has 3 heterocycles. The molecule has 5 nitrogen and oxygen atoms in total. The van der Waals surface area contributed by atoms with Crippen molar-refractivity contribution in [2.75, 3.05) is 0 Å². The van der Waals surface area contributed by atoms with Gasteiger partial charge in [-0.15, -0.1) is 0 Å². The van der Waals surface area contributed by atoms with Crippen LogP contribution in [0.4, 0.5) is 0 Å². The van der Waals surface area contributed by atoms with Crippen LogP contribution in [0.5, 0.6) is 0 Å². The lowest BCUT2D eigenvalue weighted by Gasteiger charge is -2.07. The van der Waals surface area contributed by atoms with E-state index in [1.165, 1.54) is 0 Å². The second-order valence-electron chi connectivity index (χ2n) is 5.03. The minimum Gasteiger partial charge on any atom is -0.319 e. The Labute approximate surface area is 115 Å². The number of nitrogens with two attached hydrogens (primary N) is 1. The van der Waals surface area contributed by atoms with Crippen molar-refractivity contribution in [1.82, 2.24) is 19.4 Å². The number of aromatic nitrogens is 4. The molecule has 5 heteroatoms. The van der Waals surface area contributed by atoms with Crippen LogP contribution in [-0.4, -0.2) is 19.4 Å². The molecule has 3 aromatic rings. The standard InChI is InChI=1S/C15H13N5/c1-9-4-12-11(5-13(16)14(12)18-6-9)10-7-19-15-17-2-3-20(15)8-10/h2-8,13H,16H2,1H3/t13-/m0/s1. The first-order chi connectivity index (χ1) is 9.72. The molecule has 1 atom stereocenters. The first-order valence-corrected chi connectivity index (χ1v) is 6.46. The molecular formula is C15H13N5. The topological polar surface area (TPSA) is 69.1 Å². The minimum atomic E-state index is -0.154. The van der Waals surface area contributed by atoms with E-state index in [9.17, 15) is 0 Å². The van der Waals surface area contributed by atoms with Crippen molar-refractivity contribution >= 4 is 11.4 Å². The third kappa shape index (κ3) is 1.57. The summed E-state index contributed by atoms with van der Waals surface area (Å²) in [5.74, 6) is 0.694. The second kappa shape index (κ2) is 3.98. The van der Waals surface area contributed by atoms with E-state index >= 15 is 0 Å². The predicted molar refractivity (Wildman–Crippen MR) is 76.0 cm³/mol. The van der Waals surface area contributed by atoms with E-state index in [0.717, 1.165) is 28.0 Å². The Balaban J connectivity index is 1.91. The lowest BCUT2D eigenvalue weighted by molar-refractivity contribution is 0.877. The third-order valence-corrected chi connectivity index (χ3v) is 3.56. The Bertz CT molecular complexity index is 846. The molecule has 0 fully saturated rings. The molecule has 0 aliphatic heterocycles. The summed E-state index contributed by atoms with van der Waals surface area (Å²) in [7, 11) is 0. The number of imidazole rings is 1. The largest absolute Gasteiger partial charge is 0.319 e. The van der Waals surface area contributed by atoms with Crippen molar-refractivity contribution in [3.63, 3.8) is 0 Å². The van der Waals surface area contributed by atoms with Gasteiger partial charge < -0.3 is 5.73 Å². The van der Waals surface area contributed by atoms with Crippen LogP contribution in [0.3, 0.4) is 0 Å². The molecular weight excluding hydrogens is 250 g/mol. The number of aryl methyl sites for hydroxylation is 1. The normalized spacial score (nSPS) is 17.3. The van der Waals surface area contributed by atoms with Crippen molar-refractivity contribution in [2.45, 2.75) is 13.0 Å². The maximum absolute atomic E-state index is 6.14. The zero-order valence-electron chi connectivity index (χ0n) is 11.0. The summed E-state index contributed by atoms with van der Waals surface area (Å²) >= 11 is 0. The molecule has 1 aliphatic rings. The molecule has 0 saturated carbocycles. The molecule has 4 rings (SSSR count). The molecule has 3 aromatic heterocycles. The monoisotopic (exact) mass is 263 g/mol. The summed E-state index contributed by atoms with van der Waals surface area (Å²) in [6.07, 6.45) is 11.4. The fourth-order valence-corrected chi connectivity index (χ4v) is 2.62. The van der Waals surface area contributed by atoms with Gasteiger partial charge in [-0.3, -0.25) is 9.38 Å². The maximum atomic E-state index is 6.14. The fourth-order valence-electron chi connectivity index (χ4n) is 2.62. The van der Waals surface area contributed by atoms with Gasteiger partial charge in [0.2, 0.25) is 5.78 Å². The van der Waals surface area contributed by atoms with Crippen molar-refractivity contribution < 1.29 is 0 Å². The predicted octanol–water partition coefficient (Wildman–Crippen LogP) is 1.88. The Morgan fingerprint density at radius 1 is 1.20 bits per heavy atom. The van der Waals surface area contributed by atoms with E-state index < -0.39 is 0 Å². The highest BCUT2D eigenvalue weighted by atomic mass is 15.1. The van der Waals surface area contributed by atoms with Crippen LogP contribution >= 0.6 is 0 Å². The number of pyridine rings is 1. The lowest BCUT2D eigenvalue weighted by atomic mass is 10.0. The van der Waals surface area contributed by atoms with Gasteiger partial charge >= 0.3 is 0 Å². The van der Waals surface area contributed by atoms with Gasteiger partial charge in [-0.05, 0) is 24.1 Å². The summed E-state index contributed by atoms with van der Waals surface area (Å²) in [5.41, 5.74) is 11.4. The molecule has 1 aliphatic carbocycles. The molecule has 0 amide bonds. The van der Waals surface area contributed by atoms with E-state index in [0.29, 0.717) is 5.78 Å². The van der Waals surface area contributed by atoms with Crippen LogP contribution in [0.2, 0.25) is 0 Å². The number of hydrogen-bond acceptors (Lipinski definition) is 4. The lowest BCUT2D eigenvalue weighted by Crippen LogP contribution is -2.06. The molecule has 0 saturated heterocycles. The van der Waals surface area contributed by atoms with E-state index in [2.05, 4.69) is 21.0 Å². The minimum absolute atomic E-state index is 0.154. The zero-order valence-corrected chi connectivity index (χ0v) is 11.0. The van der Waals surface area contributed by atoms with Crippen LogP contribution in [0, 0.1) is 6.92 Å². The first-order valence-electron chi connectivity index (χ1n) is 6.46. The Hall–Kier alpha value is -2.53. The van der Waals surface area contributed by atoms with Crippen LogP contribution < -0.4 is 5.73 Å². The van der Waals surface area contributed by atoms with E-state index in [1.807, 2.05) is 42.2 Å². The smallest absolute Gasteiger partial charge is 0.233 e. The Kier molecular flexibility index (Phi) is 2.25. The Morgan fingerprint density at radius 2 is 2.10 bits per heavy atom. The maximum Gasteiger partial charge on any atom is 0.233 e. The zero-order chi connectivity index (χ0) is 13.7. The van der Waals surface area contributed by atoms with E-state index in [4.69, 9.17) is 5.73 Å². The summed E-state index contributed by atoms with van der Waals surface area (Å²) in [6, 6.07) is 1.97. The molecule has 20 heavy (non-hydrogen) atoms. The van der Waals surface area contributed by atoms with Crippen LogP contribution in [0.15, 0.2) is 43.1 Å². The van der Waals surface area contributed by atoms with Crippen LogP contribution in [-0.2, 0) is 0 Å². The van der Waals surface area contributed by atoms with Gasteiger partial charge in [0.05, 0.1) is 11.7 Å². The summed E-state index contributed by atoms with van der Waals surface area (Å²) in [5, 5.41) is 0. The average Bonchev–Trinajstić information content (AvgIpc) is 3.02.